The lowest BCUT2D eigenvalue weighted by molar-refractivity contribution is 0.414. The first kappa shape index (κ1) is 17.9. The summed E-state index contributed by atoms with van der Waals surface area (Å²) in [6, 6.07) is 26.3. The fourth-order valence-electron chi connectivity index (χ4n) is 3.10. The van der Waals surface area contributed by atoms with Crippen molar-refractivity contribution in [3.8, 4) is 5.75 Å². The fourth-order valence-corrected chi connectivity index (χ4v) is 3.10. The first-order chi connectivity index (χ1) is 12.7. The minimum atomic E-state index is -1.65. The van der Waals surface area contributed by atoms with Gasteiger partial charge in [-0.2, -0.15) is 8.78 Å². The maximum atomic E-state index is 13.8. The predicted octanol–water partition coefficient (Wildman–Crippen LogP) is 6.53. The molecule has 0 aliphatic carbocycles. The Hall–Kier alpha value is -2.94. The van der Waals surface area contributed by atoms with E-state index in [1.165, 1.54) is 0 Å². The fraction of sp³-hybridized carbons (Fsp3) is 0.130. The molecule has 0 aliphatic heterocycles. The Labute approximate surface area is 152 Å². The van der Waals surface area contributed by atoms with E-state index >= 15 is 0 Å². The first-order valence-electron chi connectivity index (χ1n) is 8.47. The smallest absolute Gasteiger partial charge is 0.274 e. The van der Waals surface area contributed by atoms with Gasteiger partial charge in [0.25, 0.3) is 6.08 Å². The van der Waals surface area contributed by atoms with E-state index in [1.54, 1.807) is 31.4 Å². The molecule has 0 N–H and O–H groups in total. The van der Waals surface area contributed by atoms with Gasteiger partial charge in [0.05, 0.1) is 7.11 Å². The second kappa shape index (κ2) is 8.43. The standard InChI is InChI=1S/C23H20F2O/c1-26-20-14-12-19(13-15-20)22(23(24)25)16-21(17-8-4-2-5-9-17)18-10-6-3-7-11-18/h2-15,21H,16H2,1H3. The Morgan fingerprint density at radius 2 is 1.27 bits per heavy atom. The summed E-state index contributed by atoms with van der Waals surface area (Å²) in [7, 11) is 1.56. The second-order valence-corrected chi connectivity index (χ2v) is 6.05. The molecule has 0 aromatic heterocycles. The molecule has 0 saturated heterocycles. The van der Waals surface area contributed by atoms with Gasteiger partial charge in [-0.25, -0.2) is 0 Å². The third-order valence-corrected chi connectivity index (χ3v) is 4.48. The van der Waals surface area contributed by atoms with Crippen molar-refractivity contribution < 1.29 is 13.5 Å². The number of halogens is 2. The zero-order valence-electron chi connectivity index (χ0n) is 14.5. The maximum absolute atomic E-state index is 13.8. The number of rotatable bonds is 6. The number of methoxy groups -OCH3 is 1. The van der Waals surface area contributed by atoms with Crippen molar-refractivity contribution in [3.63, 3.8) is 0 Å². The molecule has 3 heteroatoms. The molecule has 0 saturated carbocycles. The van der Waals surface area contributed by atoms with Crippen molar-refractivity contribution in [1.29, 1.82) is 0 Å². The van der Waals surface area contributed by atoms with E-state index in [1.807, 2.05) is 60.7 Å². The molecular formula is C23H20F2O. The molecule has 1 nitrogen and oxygen atoms in total. The van der Waals surface area contributed by atoms with Crippen LogP contribution in [0.25, 0.3) is 5.57 Å². The lowest BCUT2D eigenvalue weighted by Gasteiger charge is -2.20. The quantitative estimate of drug-likeness (QED) is 0.491. The Balaban J connectivity index is 1.99. The summed E-state index contributed by atoms with van der Waals surface area (Å²) in [4.78, 5) is 0. The average Bonchev–Trinajstić information content (AvgIpc) is 2.70. The molecule has 0 unspecified atom stereocenters. The lowest BCUT2D eigenvalue weighted by atomic mass is 9.84. The van der Waals surface area contributed by atoms with Crippen LogP contribution >= 0.6 is 0 Å². The Kier molecular flexibility index (Phi) is 5.80. The molecule has 132 valence electrons. The van der Waals surface area contributed by atoms with Gasteiger partial charge in [0, 0.05) is 11.5 Å². The van der Waals surface area contributed by atoms with Gasteiger partial charge in [0.1, 0.15) is 5.75 Å². The molecular weight excluding hydrogens is 330 g/mol. The molecule has 0 spiro atoms. The summed E-state index contributed by atoms with van der Waals surface area (Å²) in [5, 5.41) is 0. The molecule has 0 aliphatic rings. The van der Waals surface area contributed by atoms with Crippen LogP contribution < -0.4 is 4.74 Å². The Morgan fingerprint density at radius 1 is 0.769 bits per heavy atom. The van der Waals surface area contributed by atoms with Gasteiger partial charge in [-0.15, -0.1) is 0 Å². The molecule has 3 rings (SSSR count). The summed E-state index contributed by atoms with van der Waals surface area (Å²) >= 11 is 0. The summed E-state index contributed by atoms with van der Waals surface area (Å²) < 4.78 is 32.7. The topological polar surface area (TPSA) is 9.23 Å². The van der Waals surface area contributed by atoms with E-state index in [0.717, 1.165) is 11.1 Å². The molecule has 0 fully saturated rings. The molecule has 3 aromatic carbocycles. The highest BCUT2D eigenvalue weighted by Crippen LogP contribution is 2.37. The average molecular weight is 350 g/mol. The third-order valence-electron chi connectivity index (χ3n) is 4.48. The number of hydrogen-bond donors (Lipinski definition) is 0. The highest BCUT2D eigenvalue weighted by molar-refractivity contribution is 5.68. The maximum Gasteiger partial charge on any atom is 0.274 e. The SMILES string of the molecule is COc1ccc(C(CC(c2ccccc2)c2ccccc2)=C(F)F)cc1. The number of benzene rings is 3. The van der Waals surface area contributed by atoms with Gasteiger partial charge in [0.15, 0.2) is 0 Å². The largest absolute Gasteiger partial charge is 0.497 e. The minimum Gasteiger partial charge on any atom is -0.497 e. The summed E-state index contributed by atoms with van der Waals surface area (Å²) in [5.74, 6) is 0.506. The number of allylic oxidation sites excluding steroid dienone is 1. The normalized spacial score (nSPS) is 10.6. The van der Waals surface area contributed by atoms with E-state index in [9.17, 15) is 8.78 Å². The van der Waals surface area contributed by atoms with Crippen LogP contribution in [0.5, 0.6) is 5.75 Å². The van der Waals surface area contributed by atoms with E-state index < -0.39 is 6.08 Å². The zero-order valence-corrected chi connectivity index (χ0v) is 14.5. The Bertz CT molecular complexity index is 812. The van der Waals surface area contributed by atoms with Gasteiger partial charge < -0.3 is 4.74 Å². The monoisotopic (exact) mass is 350 g/mol. The van der Waals surface area contributed by atoms with Crippen molar-refractivity contribution in [1.82, 2.24) is 0 Å². The predicted molar refractivity (Wildman–Crippen MR) is 101 cm³/mol. The van der Waals surface area contributed by atoms with Gasteiger partial charge in [-0.1, -0.05) is 72.8 Å². The van der Waals surface area contributed by atoms with Crippen molar-refractivity contribution >= 4 is 5.57 Å². The van der Waals surface area contributed by atoms with E-state index in [0.29, 0.717) is 11.3 Å². The van der Waals surface area contributed by atoms with E-state index in [4.69, 9.17) is 4.74 Å². The van der Waals surface area contributed by atoms with Crippen molar-refractivity contribution in [3.05, 3.63) is 108 Å². The van der Waals surface area contributed by atoms with E-state index in [2.05, 4.69) is 0 Å². The van der Waals surface area contributed by atoms with E-state index in [-0.39, 0.29) is 17.9 Å². The van der Waals surface area contributed by atoms with Crippen LogP contribution in [0.15, 0.2) is 91.0 Å². The molecule has 0 bridgehead atoms. The summed E-state index contributed by atoms with van der Waals surface area (Å²) in [5.41, 5.74) is 2.62. The third kappa shape index (κ3) is 4.17. The molecule has 0 heterocycles. The zero-order chi connectivity index (χ0) is 18.4. The van der Waals surface area contributed by atoms with Crippen molar-refractivity contribution in [2.45, 2.75) is 12.3 Å². The Morgan fingerprint density at radius 3 is 1.69 bits per heavy atom. The molecule has 26 heavy (non-hydrogen) atoms. The first-order valence-corrected chi connectivity index (χ1v) is 8.47. The van der Waals surface area contributed by atoms with Crippen molar-refractivity contribution in [2.75, 3.05) is 7.11 Å². The number of ether oxygens (including phenoxy) is 1. The minimum absolute atomic E-state index is 0.0605. The van der Waals surface area contributed by atoms with Gasteiger partial charge >= 0.3 is 0 Å². The van der Waals surface area contributed by atoms with Gasteiger partial charge in [0.2, 0.25) is 0 Å². The summed E-state index contributed by atoms with van der Waals surface area (Å²) in [6.45, 7) is 0. The molecule has 0 atom stereocenters. The molecule has 3 aromatic rings. The van der Waals surface area contributed by atoms with Crippen LogP contribution in [-0.4, -0.2) is 7.11 Å². The number of hydrogen-bond acceptors (Lipinski definition) is 1. The lowest BCUT2D eigenvalue weighted by Crippen LogP contribution is -2.03. The highest BCUT2D eigenvalue weighted by Gasteiger charge is 2.20. The molecule has 0 radical (unpaired) electrons. The van der Waals surface area contributed by atoms with Crippen LogP contribution in [0.3, 0.4) is 0 Å². The van der Waals surface area contributed by atoms with Crippen LogP contribution in [0.1, 0.15) is 29.0 Å². The van der Waals surface area contributed by atoms with Crippen LogP contribution in [0, 0.1) is 0 Å². The van der Waals surface area contributed by atoms with Crippen LogP contribution in [-0.2, 0) is 0 Å². The van der Waals surface area contributed by atoms with Crippen LogP contribution in [0.4, 0.5) is 8.78 Å². The van der Waals surface area contributed by atoms with Crippen molar-refractivity contribution in [2.24, 2.45) is 0 Å². The van der Waals surface area contributed by atoms with Gasteiger partial charge in [-0.3, -0.25) is 0 Å². The second-order valence-electron chi connectivity index (χ2n) is 6.05. The summed E-state index contributed by atoms with van der Waals surface area (Å²) in [6.07, 6.45) is -1.42. The van der Waals surface area contributed by atoms with Crippen LogP contribution in [0.2, 0.25) is 0 Å². The van der Waals surface area contributed by atoms with Gasteiger partial charge in [-0.05, 0) is 35.2 Å². The molecule has 0 amide bonds. The highest BCUT2D eigenvalue weighted by atomic mass is 19.3.